The fourth-order valence-corrected chi connectivity index (χ4v) is 4.01. The van der Waals surface area contributed by atoms with Crippen LogP contribution < -0.4 is 5.73 Å². The number of tetrazole rings is 1. The highest BCUT2D eigenvalue weighted by Gasteiger charge is 2.21. The minimum absolute atomic E-state index is 0.225. The SMILES string of the molecule is N[C@H](COCC1CCCCC1)c1nnnn1CC1CCCCC1. The van der Waals surface area contributed by atoms with Crippen molar-refractivity contribution in [2.24, 2.45) is 17.6 Å². The number of hydrogen-bond acceptors (Lipinski definition) is 5. The third-order valence-corrected chi connectivity index (χ3v) is 5.42. The Morgan fingerprint density at radius 1 is 1.00 bits per heavy atom. The molecular weight excluding hydrogens is 290 g/mol. The molecule has 0 spiro atoms. The number of nitrogens with two attached hydrogens (primary N) is 1. The minimum atomic E-state index is -0.225. The number of rotatable bonds is 7. The standard InChI is InChI=1S/C17H31N5O/c18-16(13-23-12-15-9-5-2-6-10-15)17-19-20-21-22(17)11-14-7-3-1-4-8-14/h14-16H,1-13,18H2/t16-/m1/s1. The topological polar surface area (TPSA) is 78.8 Å². The molecule has 0 radical (unpaired) electrons. The van der Waals surface area contributed by atoms with E-state index in [-0.39, 0.29) is 6.04 Å². The molecule has 3 rings (SSSR count). The molecule has 2 aliphatic rings. The Kier molecular flexibility index (Phi) is 6.39. The van der Waals surface area contributed by atoms with E-state index in [9.17, 15) is 0 Å². The molecule has 0 saturated heterocycles. The molecule has 0 bridgehead atoms. The summed E-state index contributed by atoms with van der Waals surface area (Å²) in [6, 6.07) is -0.225. The number of nitrogens with zero attached hydrogens (tertiary/aromatic N) is 4. The molecule has 6 heteroatoms. The molecule has 0 aromatic carbocycles. The van der Waals surface area contributed by atoms with Gasteiger partial charge < -0.3 is 10.5 Å². The van der Waals surface area contributed by atoms with Crippen LogP contribution in [-0.2, 0) is 11.3 Å². The van der Waals surface area contributed by atoms with Crippen molar-refractivity contribution in [2.45, 2.75) is 76.8 Å². The zero-order chi connectivity index (χ0) is 15.9. The lowest BCUT2D eigenvalue weighted by molar-refractivity contribution is 0.0736. The highest BCUT2D eigenvalue weighted by molar-refractivity contribution is 4.91. The summed E-state index contributed by atoms with van der Waals surface area (Å²) in [6.45, 7) is 2.25. The molecule has 6 nitrogen and oxygen atoms in total. The predicted octanol–water partition coefficient (Wildman–Crippen LogP) is 2.85. The molecule has 0 unspecified atom stereocenters. The second kappa shape index (κ2) is 8.73. The predicted molar refractivity (Wildman–Crippen MR) is 88.7 cm³/mol. The van der Waals surface area contributed by atoms with Crippen molar-refractivity contribution in [2.75, 3.05) is 13.2 Å². The maximum atomic E-state index is 6.27. The summed E-state index contributed by atoms with van der Waals surface area (Å²) in [6.07, 6.45) is 13.3. The zero-order valence-corrected chi connectivity index (χ0v) is 14.2. The number of hydrogen-bond donors (Lipinski definition) is 1. The maximum Gasteiger partial charge on any atom is 0.170 e. The lowest BCUT2D eigenvalue weighted by Gasteiger charge is -2.23. The van der Waals surface area contributed by atoms with Gasteiger partial charge in [-0.1, -0.05) is 38.5 Å². The Balaban J connectivity index is 1.45. The Labute approximate surface area is 139 Å². The van der Waals surface area contributed by atoms with E-state index < -0.39 is 0 Å². The van der Waals surface area contributed by atoms with Crippen LogP contribution >= 0.6 is 0 Å². The van der Waals surface area contributed by atoms with Crippen LogP contribution in [0.5, 0.6) is 0 Å². The first kappa shape index (κ1) is 16.8. The quantitative estimate of drug-likeness (QED) is 0.835. The first-order valence-electron chi connectivity index (χ1n) is 9.42. The monoisotopic (exact) mass is 321 g/mol. The molecule has 0 aliphatic heterocycles. The highest BCUT2D eigenvalue weighted by atomic mass is 16.5. The van der Waals surface area contributed by atoms with Gasteiger partial charge in [-0.3, -0.25) is 0 Å². The van der Waals surface area contributed by atoms with Crippen molar-refractivity contribution >= 4 is 0 Å². The van der Waals surface area contributed by atoms with E-state index in [4.69, 9.17) is 10.5 Å². The Hall–Kier alpha value is -1.01. The normalized spacial score (nSPS) is 22.3. The average Bonchev–Trinajstić information content (AvgIpc) is 3.05. The number of aromatic nitrogens is 4. The molecule has 23 heavy (non-hydrogen) atoms. The van der Waals surface area contributed by atoms with Crippen LogP contribution in [0.3, 0.4) is 0 Å². The first-order chi connectivity index (χ1) is 11.3. The molecule has 2 N–H and O–H groups in total. The average molecular weight is 321 g/mol. The minimum Gasteiger partial charge on any atom is -0.379 e. The smallest absolute Gasteiger partial charge is 0.170 e. The van der Waals surface area contributed by atoms with Gasteiger partial charge in [0.2, 0.25) is 0 Å². The molecule has 1 atom stereocenters. The highest BCUT2D eigenvalue weighted by Crippen LogP contribution is 2.26. The summed E-state index contributed by atoms with van der Waals surface area (Å²) in [5, 5.41) is 12.1. The van der Waals surface area contributed by atoms with Crippen LogP contribution in [-0.4, -0.2) is 33.4 Å². The largest absolute Gasteiger partial charge is 0.379 e. The zero-order valence-electron chi connectivity index (χ0n) is 14.2. The molecule has 130 valence electrons. The summed E-state index contributed by atoms with van der Waals surface area (Å²) in [7, 11) is 0. The summed E-state index contributed by atoms with van der Waals surface area (Å²) in [5.41, 5.74) is 6.27. The summed E-state index contributed by atoms with van der Waals surface area (Å²) < 4.78 is 7.78. The van der Waals surface area contributed by atoms with E-state index in [1.54, 1.807) is 0 Å². The van der Waals surface area contributed by atoms with Crippen LogP contribution in [0.2, 0.25) is 0 Å². The van der Waals surface area contributed by atoms with Crippen LogP contribution in [0.15, 0.2) is 0 Å². The van der Waals surface area contributed by atoms with Crippen LogP contribution in [0.1, 0.15) is 76.1 Å². The van der Waals surface area contributed by atoms with Crippen molar-refractivity contribution in [3.05, 3.63) is 5.82 Å². The third kappa shape index (κ3) is 4.98. The second-order valence-corrected chi connectivity index (χ2v) is 7.37. The molecule has 2 aliphatic carbocycles. The molecule has 0 amide bonds. The fraction of sp³-hybridized carbons (Fsp3) is 0.941. The van der Waals surface area contributed by atoms with Gasteiger partial charge in [0.1, 0.15) is 0 Å². The molecule has 1 heterocycles. The van der Waals surface area contributed by atoms with E-state index >= 15 is 0 Å². The van der Waals surface area contributed by atoms with Crippen LogP contribution in [0, 0.1) is 11.8 Å². The van der Waals surface area contributed by atoms with Crippen molar-refractivity contribution in [3.8, 4) is 0 Å². The first-order valence-corrected chi connectivity index (χ1v) is 9.42. The Bertz CT molecular complexity index is 452. The molecule has 2 saturated carbocycles. The maximum absolute atomic E-state index is 6.27. The van der Waals surface area contributed by atoms with E-state index in [1.165, 1.54) is 64.2 Å². The summed E-state index contributed by atoms with van der Waals surface area (Å²) in [5.74, 6) is 2.19. The van der Waals surface area contributed by atoms with E-state index in [0.29, 0.717) is 18.4 Å². The lowest BCUT2D eigenvalue weighted by atomic mass is 9.89. The summed E-state index contributed by atoms with van der Waals surface area (Å²) >= 11 is 0. The van der Waals surface area contributed by atoms with Gasteiger partial charge in [-0.05, 0) is 47.9 Å². The van der Waals surface area contributed by atoms with Gasteiger partial charge in [0.15, 0.2) is 5.82 Å². The van der Waals surface area contributed by atoms with Gasteiger partial charge >= 0.3 is 0 Å². The lowest BCUT2D eigenvalue weighted by Crippen LogP contribution is -2.26. The van der Waals surface area contributed by atoms with E-state index in [1.807, 2.05) is 4.68 Å². The molecular formula is C17H31N5O. The number of ether oxygens (including phenoxy) is 1. The van der Waals surface area contributed by atoms with Crippen molar-refractivity contribution < 1.29 is 4.74 Å². The van der Waals surface area contributed by atoms with Crippen molar-refractivity contribution in [3.63, 3.8) is 0 Å². The molecule has 1 aromatic rings. The van der Waals surface area contributed by atoms with Gasteiger partial charge in [0.25, 0.3) is 0 Å². The third-order valence-electron chi connectivity index (χ3n) is 5.42. The van der Waals surface area contributed by atoms with Crippen molar-refractivity contribution in [1.82, 2.24) is 20.2 Å². The van der Waals surface area contributed by atoms with Gasteiger partial charge in [0.05, 0.1) is 12.6 Å². The molecule has 2 fully saturated rings. The fourth-order valence-electron chi connectivity index (χ4n) is 4.01. The van der Waals surface area contributed by atoms with E-state index in [2.05, 4.69) is 15.5 Å². The van der Waals surface area contributed by atoms with E-state index in [0.717, 1.165) is 19.0 Å². The van der Waals surface area contributed by atoms with Gasteiger partial charge in [0, 0.05) is 13.2 Å². The van der Waals surface area contributed by atoms with Gasteiger partial charge in [-0.25, -0.2) is 4.68 Å². The Morgan fingerprint density at radius 3 is 2.35 bits per heavy atom. The summed E-state index contributed by atoms with van der Waals surface area (Å²) in [4.78, 5) is 0. The van der Waals surface area contributed by atoms with Gasteiger partial charge in [-0.15, -0.1) is 5.10 Å². The van der Waals surface area contributed by atoms with Crippen molar-refractivity contribution in [1.29, 1.82) is 0 Å². The molecule has 1 aromatic heterocycles. The Morgan fingerprint density at radius 2 is 1.65 bits per heavy atom. The van der Waals surface area contributed by atoms with Crippen LogP contribution in [0.25, 0.3) is 0 Å². The van der Waals surface area contributed by atoms with Crippen LogP contribution in [0.4, 0.5) is 0 Å². The van der Waals surface area contributed by atoms with Gasteiger partial charge in [-0.2, -0.15) is 0 Å². The second-order valence-electron chi connectivity index (χ2n) is 7.37.